The number of carbonyl (C=O) groups excluding carboxylic acids is 2. The molecule has 0 unspecified atom stereocenters. The van der Waals surface area contributed by atoms with Gasteiger partial charge in [0, 0.05) is 21.3 Å². The van der Waals surface area contributed by atoms with Crippen molar-refractivity contribution in [1.82, 2.24) is 0 Å². The van der Waals surface area contributed by atoms with Crippen molar-refractivity contribution >= 4 is 50.5 Å². The van der Waals surface area contributed by atoms with Crippen molar-refractivity contribution < 1.29 is 9.59 Å². The van der Waals surface area contributed by atoms with Gasteiger partial charge in [-0.25, -0.2) is 4.99 Å². The van der Waals surface area contributed by atoms with E-state index in [4.69, 9.17) is 0 Å². The van der Waals surface area contributed by atoms with Crippen molar-refractivity contribution in [2.75, 3.05) is 10.6 Å². The molecule has 0 aromatic heterocycles. The van der Waals surface area contributed by atoms with Crippen molar-refractivity contribution in [3.05, 3.63) is 87.4 Å². The summed E-state index contributed by atoms with van der Waals surface area (Å²) >= 11 is 3.51. The largest absolute Gasteiger partial charge is 0.322 e. The standard InChI is InChI=1S/C24H20BrN3O2/c1-3-15-12-17(25)13-20-21(15)28-24(30)22(20)26-18-10-6-16(7-11-18)23(29)27-19-8-4-14(2)5-9-19/h4-13H,3H2,1-2H3,(H,27,29)(H,26,28,30). The van der Waals surface area contributed by atoms with Crippen LogP contribution in [0.1, 0.15) is 34.0 Å². The van der Waals surface area contributed by atoms with E-state index in [0.717, 1.165) is 39.0 Å². The van der Waals surface area contributed by atoms with E-state index in [-0.39, 0.29) is 11.8 Å². The Labute approximate surface area is 183 Å². The van der Waals surface area contributed by atoms with Gasteiger partial charge < -0.3 is 10.6 Å². The zero-order chi connectivity index (χ0) is 21.3. The maximum Gasteiger partial charge on any atom is 0.275 e. The average Bonchev–Trinajstić information content (AvgIpc) is 3.05. The maximum atomic E-state index is 12.5. The molecule has 2 amide bonds. The zero-order valence-electron chi connectivity index (χ0n) is 16.6. The SMILES string of the molecule is CCc1cc(Br)cc2c1NC(=O)C2=Nc1ccc(C(=O)Nc2ccc(C)cc2)cc1. The fourth-order valence-electron chi connectivity index (χ4n) is 3.34. The van der Waals surface area contributed by atoms with E-state index in [1.165, 1.54) is 0 Å². The maximum absolute atomic E-state index is 12.5. The molecule has 3 aromatic carbocycles. The highest BCUT2D eigenvalue weighted by atomic mass is 79.9. The van der Waals surface area contributed by atoms with Crippen LogP contribution in [0.5, 0.6) is 0 Å². The summed E-state index contributed by atoms with van der Waals surface area (Å²) in [7, 11) is 0. The number of aryl methyl sites for hydroxylation is 2. The van der Waals surface area contributed by atoms with Crippen LogP contribution in [-0.2, 0) is 11.2 Å². The highest BCUT2D eigenvalue weighted by molar-refractivity contribution is 9.10. The third-order valence-corrected chi connectivity index (χ3v) is 5.41. The van der Waals surface area contributed by atoms with Gasteiger partial charge >= 0.3 is 0 Å². The monoisotopic (exact) mass is 461 g/mol. The molecular weight excluding hydrogens is 442 g/mol. The lowest BCUT2D eigenvalue weighted by atomic mass is 10.0. The molecule has 1 aliphatic heterocycles. The molecule has 0 aliphatic carbocycles. The number of hydrogen-bond donors (Lipinski definition) is 2. The zero-order valence-corrected chi connectivity index (χ0v) is 18.2. The number of carbonyl (C=O) groups is 2. The Kier molecular flexibility index (Phi) is 5.50. The summed E-state index contributed by atoms with van der Waals surface area (Å²) in [5.41, 5.74) is 6.04. The van der Waals surface area contributed by atoms with Gasteiger partial charge in [0.25, 0.3) is 11.8 Å². The number of halogens is 1. The predicted octanol–water partition coefficient (Wildman–Crippen LogP) is 5.65. The fourth-order valence-corrected chi connectivity index (χ4v) is 3.84. The Morgan fingerprint density at radius 3 is 2.43 bits per heavy atom. The minimum atomic E-state index is -0.223. The Morgan fingerprint density at radius 1 is 1.07 bits per heavy atom. The van der Waals surface area contributed by atoms with Gasteiger partial charge in [-0.05, 0) is 67.4 Å². The molecular formula is C24H20BrN3O2. The average molecular weight is 462 g/mol. The van der Waals surface area contributed by atoms with Crippen molar-refractivity contribution in [1.29, 1.82) is 0 Å². The molecule has 3 aromatic rings. The first kappa shape index (κ1) is 20.0. The lowest BCUT2D eigenvalue weighted by molar-refractivity contribution is -0.110. The lowest BCUT2D eigenvalue weighted by Gasteiger charge is -2.07. The molecule has 1 heterocycles. The summed E-state index contributed by atoms with van der Waals surface area (Å²) in [5, 5.41) is 5.79. The van der Waals surface area contributed by atoms with Gasteiger partial charge in [-0.1, -0.05) is 40.5 Å². The number of nitrogens with zero attached hydrogens (tertiary/aromatic N) is 1. The van der Waals surface area contributed by atoms with Crippen LogP contribution in [0.3, 0.4) is 0 Å². The van der Waals surface area contributed by atoms with Gasteiger partial charge in [-0.2, -0.15) is 0 Å². The van der Waals surface area contributed by atoms with E-state index in [1.807, 2.05) is 50.2 Å². The Hall–Kier alpha value is -3.25. The summed E-state index contributed by atoms with van der Waals surface area (Å²) in [5.74, 6) is -0.419. The number of nitrogens with one attached hydrogen (secondary N) is 2. The number of aliphatic imine (C=N–C) groups is 1. The van der Waals surface area contributed by atoms with Gasteiger partial charge in [0.1, 0.15) is 5.71 Å². The van der Waals surface area contributed by atoms with Crippen molar-refractivity contribution in [3.63, 3.8) is 0 Å². The van der Waals surface area contributed by atoms with Crippen molar-refractivity contribution in [3.8, 4) is 0 Å². The molecule has 4 rings (SSSR count). The highest BCUT2D eigenvalue weighted by Gasteiger charge is 2.28. The van der Waals surface area contributed by atoms with Crippen LogP contribution in [0, 0.1) is 6.92 Å². The molecule has 0 spiro atoms. The number of fused-ring (bicyclic) bond motifs is 1. The van der Waals surface area contributed by atoms with Crippen LogP contribution in [0.25, 0.3) is 0 Å². The molecule has 1 aliphatic rings. The molecule has 0 bridgehead atoms. The number of benzene rings is 3. The summed E-state index contributed by atoms with van der Waals surface area (Å²) in [6.45, 7) is 4.04. The Bertz CT molecular complexity index is 1170. The van der Waals surface area contributed by atoms with Gasteiger partial charge in [-0.3, -0.25) is 9.59 Å². The molecule has 5 nitrogen and oxygen atoms in total. The smallest absolute Gasteiger partial charge is 0.275 e. The Balaban J connectivity index is 1.57. The van der Waals surface area contributed by atoms with Crippen LogP contribution in [0.2, 0.25) is 0 Å². The Morgan fingerprint density at radius 2 is 1.77 bits per heavy atom. The molecule has 0 saturated carbocycles. The number of hydrogen-bond acceptors (Lipinski definition) is 3. The van der Waals surface area contributed by atoms with E-state index >= 15 is 0 Å². The first-order valence-electron chi connectivity index (χ1n) is 9.65. The number of anilines is 2. The lowest BCUT2D eigenvalue weighted by Crippen LogP contribution is -2.14. The second-order valence-electron chi connectivity index (χ2n) is 7.12. The molecule has 0 radical (unpaired) electrons. The number of amides is 2. The van der Waals surface area contributed by atoms with Gasteiger partial charge in [-0.15, -0.1) is 0 Å². The topological polar surface area (TPSA) is 70.6 Å². The first-order chi connectivity index (χ1) is 14.4. The van der Waals surface area contributed by atoms with Crippen LogP contribution in [0.15, 0.2) is 70.1 Å². The fraction of sp³-hybridized carbons (Fsp3) is 0.125. The van der Waals surface area contributed by atoms with Gasteiger partial charge in [0.05, 0.1) is 11.4 Å². The third kappa shape index (κ3) is 4.04. The van der Waals surface area contributed by atoms with E-state index in [0.29, 0.717) is 17.0 Å². The van der Waals surface area contributed by atoms with Crippen molar-refractivity contribution in [2.45, 2.75) is 20.3 Å². The molecule has 0 saturated heterocycles. The predicted molar refractivity (Wildman–Crippen MR) is 124 cm³/mol. The normalized spacial score (nSPS) is 13.8. The van der Waals surface area contributed by atoms with E-state index in [9.17, 15) is 9.59 Å². The molecule has 0 fully saturated rings. The van der Waals surface area contributed by atoms with Crippen LogP contribution in [0.4, 0.5) is 17.1 Å². The number of rotatable bonds is 4. The van der Waals surface area contributed by atoms with Gasteiger partial charge in [0.2, 0.25) is 0 Å². The summed E-state index contributed by atoms with van der Waals surface area (Å²) < 4.78 is 0.908. The van der Waals surface area contributed by atoms with E-state index in [2.05, 4.69) is 31.6 Å². The van der Waals surface area contributed by atoms with E-state index in [1.54, 1.807) is 24.3 Å². The van der Waals surface area contributed by atoms with Crippen LogP contribution < -0.4 is 10.6 Å². The molecule has 150 valence electrons. The van der Waals surface area contributed by atoms with Gasteiger partial charge in [0.15, 0.2) is 0 Å². The second-order valence-corrected chi connectivity index (χ2v) is 8.04. The summed E-state index contributed by atoms with van der Waals surface area (Å²) in [4.78, 5) is 29.5. The molecule has 30 heavy (non-hydrogen) atoms. The molecule has 2 N–H and O–H groups in total. The van der Waals surface area contributed by atoms with E-state index < -0.39 is 0 Å². The second kappa shape index (κ2) is 8.24. The minimum Gasteiger partial charge on any atom is -0.322 e. The quantitative estimate of drug-likeness (QED) is 0.527. The third-order valence-electron chi connectivity index (χ3n) is 4.95. The van der Waals surface area contributed by atoms with Crippen molar-refractivity contribution in [2.24, 2.45) is 4.99 Å². The molecule has 6 heteroatoms. The summed E-state index contributed by atoms with van der Waals surface area (Å²) in [6, 6.07) is 18.4. The minimum absolute atomic E-state index is 0.196. The summed E-state index contributed by atoms with van der Waals surface area (Å²) in [6.07, 6.45) is 0.806. The van der Waals surface area contributed by atoms with Crippen LogP contribution in [-0.4, -0.2) is 17.5 Å². The van der Waals surface area contributed by atoms with Crippen LogP contribution >= 0.6 is 15.9 Å². The molecule has 0 atom stereocenters. The first-order valence-corrected chi connectivity index (χ1v) is 10.4. The highest BCUT2D eigenvalue weighted by Crippen LogP contribution is 2.33.